The molecule has 1 amide bonds. The molecule has 66 valence electrons. The molecular formula is C8H12N2OS. The molecule has 0 aromatic carbocycles. The summed E-state index contributed by atoms with van der Waals surface area (Å²) in [6, 6.07) is 2.12. The van der Waals surface area contributed by atoms with Gasteiger partial charge in [0.15, 0.2) is 0 Å². The summed E-state index contributed by atoms with van der Waals surface area (Å²) < 4.78 is 0. The molecule has 0 radical (unpaired) electrons. The van der Waals surface area contributed by atoms with Crippen LogP contribution in [0, 0.1) is 11.3 Å². The number of nitrogens with one attached hydrogen (secondary N) is 1. The van der Waals surface area contributed by atoms with Gasteiger partial charge in [-0.25, -0.2) is 0 Å². The van der Waals surface area contributed by atoms with E-state index in [0.717, 1.165) is 12.2 Å². The molecule has 2 atom stereocenters. The fourth-order valence-corrected chi connectivity index (χ4v) is 2.42. The monoisotopic (exact) mass is 184 g/mol. The molecule has 1 rings (SSSR count). The quantitative estimate of drug-likeness (QED) is 0.694. The van der Waals surface area contributed by atoms with E-state index < -0.39 is 0 Å². The van der Waals surface area contributed by atoms with Crippen LogP contribution in [0.4, 0.5) is 0 Å². The van der Waals surface area contributed by atoms with Crippen LogP contribution in [0.3, 0.4) is 0 Å². The number of hydrogen-bond donors (Lipinski definition) is 1. The van der Waals surface area contributed by atoms with Gasteiger partial charge in [-0.2, -0.15) is 17.0 Å². The Morgan fingerprint density at radius 3 is 3.08 bits per heavy atom. The number of thioether (sulfide) groups is 1. The van der Waals surface area contributed by atoms with Crippen LogP contribution in [0.15, 0.2) is 0 Å². The van der Waals surface area contributed by atoms with Crippen molar-refractivity contribution in [2.24, 2.45) is 0 Å². The van der Waals surface area contributed by atoms with Gasteiger partial charge in [0.05, 0.1) is 6.07 Å². The predicted molar refractivity (Wildman–Crippen MR) is 48.7 cm³/mol. The topological polar surface area (TPSA) is 52.9 Å². The molecule has 1 saturated heterocycles. The van der Waals surface area contributed by atoms with Crippen molar-refractivity contribution in [3.63, 3.8) is 0 Å². The maximum atomic E-state index is 11.0. The van der Waals surface area contributed by atoms with E-state index >= 15 is 0 Å². The molecule has 4 heteroatoms. The third kappa shape index (κ3) is 2.74. The molecule has 1 aliphatic heterocycles. The first-order valence-corrected chi connectivity index (χ1v) is 5.05. The standard InChI is InChI=1S/C8H12N2OS/c1-6-4-7(5-12-6)10-8(11)2-3-9/h6-7H,2,4-5H2,1H3,(H,10,11). The maximum absolute atomic E-state index is 11.0. The molecule has 1 aliphatic rings. The molecule has 0 spiro atoms. The minimum Gasteiger partial charge on any atom is -0.352 e. The van der Waals surface area contributed by atoms with Gasteiger partial charge < -0.3 is 5.32 Å². The second-order valence-electron chi connectivity index (χ2n) is 2.98. The van der Waals surface area contributed by atoms with Gasteiger partial charge in [0.25, 0.3) is 0 Å². The summed E-state index contributed by atoms with van der Waals surface area (Å²) in [6.45, 7) is 2.15. The molecule has 0 aromatic heterocycles. The fraction of sp³-hybridized carbons (Fsp3) is 0.750. The summed E-state index contributed by atoms with van der Waals surface area (Å²) in [6.07, 6.45) is 1.01. The van der Waals surface area contributed by atoms with Crippen LogP contribution < -0.4 is 5.32 Å². The van der Waals surface area contributed by atoms with Crippen molar-refractivity contribution in [3.8, 4) is 6.07 Å². The van der Waals surface area contributed by atoms with Crippen LogP contribution in [0.1, 0.15) is 19.8 Å². The van der Waals surface area contributed by atoms with Crippen LogP contribution in [-0.4, -0.2) is 23.0 Å². The molecule has 0 saturated carbocycles. The van der Waals surface area contributed by atoms with Crippen molar-refractivity contribution in [2.75, 3.05) is 5.75 Å². The van der Waals surface area contributed by atoms with E-state index in [9.17, 15) is 4.79 Å². The van der Waals surface area contributed by atoms with Gasteiger partial charge in [0.2, 0.25) is 5.91 Å². The molecule has 0 aliphatic carbocycles. The van der Waals surface area contributed by atoms with E-state index in [4.69, 9.17) is 5.26 Å². The Kier molecular flexibility index (Phi) is 3.42. The lowest BCUT2D eigenvalue weighted by atomic mass is 10.2. The minimum absolute atomic E-state index is 0.0183. The summed E-state index contributed by atoms with van der Waals surface area (Å²) in [5.74, 6) is 0.843. The van der Waals surface area contributed by atoms with Gasteiger partial charge in [0.1, 0.15) is 6.42 Å². The largest absolute Gasteiger partial charge is 0.352 e. The highest BCUT2D eigenvalue weighted by molar-refractivity contribution is 8.00. The zero-order valence-electron chi connectivity index (χ0n) is 7.04. The second kappa shape index (κ2) is 4.36. The fourth-order valence-electron chi connectivity index (χ4n) is 1.27. The number of carbonyl (C=O) groups is 1. The van der Waals surface area contributed by atoms with E-state index in [-0.39, 0.29) is 18.4 Å². The Labute approximate surface area is 76.5 Å². The second-order valence-corrected chi connectivity index (χ2v) is 4.45. The zero-order chi connectivity index (χ0) is 8.97. The summed E-state index contributed by atoms with van der Waals surface area (Å²) in [7, 11) is 0. The van der Waals surface area contributed by atoms with Crippen LogP contribution in [0.2, 0.25) is 0 Å². The van der Waals surface area contributed by atoms with Crippen LogP contribution >= 0.6 is 11.8 Å². The van der Waals surface area contributed by atoms with Crippen molar-refractivity contribution in [3.05, 3.63) is 0 Å². The van der Waals surface area contributed by atoms with E-state index in [1.807, 2.05) is 17.8 Å². The molecule has 3 nitrogen and oxygen atoms in total. The molecule has 1 fully saturated rings. The van der Waals surface area contributed by atoms with E-state index in [1.165, 1.54) is 0 Å². The average molecular weight is 184 g/mol. The molecular weight excluding hydrogens is 172 g/mol. The van der Waals surface area contributed by atoms with Crippen molar-refractivity contribution in [2.45, 2.75) is 31.1 Å². The lowest BCUT2D eigenvalue weighted by molar-refractivity contribution is -0.120. The maximum Gasteiger partial charge on any atom is 0.234 e. The Morgan fingerprint density at radius 1 is 1.83 bits per heavy atom. The van der Waals surface area contributed by atoms with Crippen molar-refractivity contribution in [1.82, 2.24) is 5.32 Å². The summed E-state index contributed by atoms with van der Waals surface area (Å²) >= 11 is 1.87. The minimum atomic E-state index is -0.141. The van der Waals surface area contributed by atoms with Crippen molar-refractivity contribution in [1.29, 1.82) is 5.26 Å². The number of nitriles is 1. The summed E-state index contributed by atoms with van der Waals surface area (Å²) in [5, 5.41) is 11.7. The number of nitrogens with zero attached hydrogens (tertiary/aromatic N) is 1. The van der Waals surface area contributed by atoms with Gasteiger partial charge >= 0.3 is 0 Å². The zero-order valence-corrected chi connectivity index (χ0v) is 7.86. The number of carbonyl (C=O) groups excluding carboxylic acids is 1. The highest BCUT2D eigenvalue weighted by Crippen LogP contribution is 2.25. The normalized spacial score (nSPS) is 28.0. The predicted octanol–water partition coefficient (Wildman–Crippen LogP) is 0.910. The smallest absolute Gasteiger partial charge is 0.234 e. The molecule has 0 aromatic rings. The highest BCUT2D eigenvalue weighted by atomic mass is 32.2. The Morgan fingerprint density at radius 2 is 2.58 bits per heavy atom. The molecule has 0 bridgehead atoms. The number of hydrogen-bond acceptors (Lipinski definition) is 3. The van der Waals surface area contributed by atoms with E-state index in [2.05, 4.69) is 12.2 Å². The molecule has 2 unspecified atom stereocenters. The Hall–Kier alpha value is -0.690. The van der Waals surface area contributed by atoms with E-state index in [0.29, 0.717) is 5.25 Å². The van der Waals surface area contributed by atoms with Gasteiger partial charge in [-0.05, 0) is 6.42 Å². The highest BCUT2D eigenvalue weighted by Gasteiger charge is 2.22. The van der Waals surface area contributed by atoms with Gasteiger partial charge in [-0.15, -0.1) is 0 Å². The van der Waals surface area contributed by atoms with Crippen LogP contribution in [-0.2, 0) is 4.79 Å². The molecule has 1 heterocycles. The third-order valence-electron chi connectivity index (χ3n) is 1.80. The van der Waals surface area contributed by atoms with E-state index in [1.54, 1.807) is 0 Å². The first-order chi connectivity index (χ1) is 5.72. The third-order valence-corrected chi connectivity index (χ3v) is 3.16. The van der Waals surface area contributed by atoms with Crippen LogP contribution in [0.5, 0.6) is 0 Å². The summed E-state index contributed by atoms with van der Waals surface area (Å²) in [4.78, 5) is 11.0. The first-order valence-electron chi connectivity index (χ1n) is 4.00. The lowest BCUT2D eigenvalue weighted by Crippen LogP contribution is -2.34. The Bertz CT molecular complexity index is 212. The Balaban J connectivity index is 2.24. The van der Waals surface area contributed by atoms with Gasteiger partial charge in [-0.3, -0.25) is 4.79 Å². The average Bonchev–Trinajstić information content (AvgIpc) is 2.36. The van der Waals surface area contributed by atoms with Crippen LogP contribution in [0.25, 0.3) is 0 Å². The van der Waals surface area contributed by atoms with Gasteiger partial charge in [0, 0.05) is 17.0 Å². The lowest BCUT2D eigenvalue weighted by Gasteiger charge is -2.09. The SMILES string of the molecule is CC1CC(NC(=O)CC#N)CS1. The number of rotatable bonds is 2. The van der Waals surface area contributed by atoms with Crippen molar-refractivity contribution < 1.29 is 4.79 Å². The molecule has 1 N–H and O–H groups in total. The summed E-state index contributed by atoms with van der Waals surface area (Å²) in [5.41, 5.74) is 0. The first kappa shape index (κ1) is 9.40. The van der Waals surface area contributed by atoms with Gasteiger partial charge in [-0.1, -0.05) is 6.92 Å². The van der Waals surface area contributed by atoms with Crippen molar-refractivity contribution >= 4 is 17.7 Å². The molecule has 12 heavy (non-hydrogen) atoms. The number of amides is 1.